The van der Waals surface area contributed by atoms with E-state index in [1.807, 2.05) is 76.2 Å². The van der Waals surface area contributed by atoms with Crippen LogP contribution in [0.5, 0.6) is 0 Å². The molecule has 0 spiro atoms. The third-order valence-electron chi connectivity index (χ3n) is 3.99. The molecule has 0 unspecified atom stereocenters. The smallest absolute Gasteiger partial charge is 0.410 e. The van der Waals surface area contributed by atoms with Crippen LogP contribution >= 0.6 is 0 Å². The second-order valence-electron chi connectivity index (χ2n) is 7.09. The van der Waals surface area contributed by atoms with Crippen LogP contribution in [0.3, 0.4) is 0 Å². The number of piperidine rings is 1. The molecule has 1 aliphatic heterocycles. The second-order valence-corrected chi connectivity index (χ2v) is 7.09. The van der Waals surface area contributed by atoms with Crippen molar-refractivity contribution in [2.75, 3.05) is 6.54 Å². The number of rotatable bonds is 2. The van der Waals surface area contributed by atoms with Gasteiger partial charge in [-0.15, -0.1) is 0 Å². The summed E-state index contributed by atoms with van der Waals surface area (Å²) >= 11 is 0. The van der Waals surface area contributed by atoms with Crippen LogP contribution in [0.4, 0.5) is 4.79 Å². The van der Waals surface area contributed by atoms with Gasteiger partial charge < -0.3 is 9.64 Å². The first-order valence-electron chi connectivity index (χ1n) is 10.2. The Morgan fingerprint density at radius 1 is 1.22 bits per heavy atom. The molecule has 1 atom stereocenters. The largest absolute Gasteiger partial charge is 0.444 e. The van der Waals surface area contributed by atoms with Crippen LogP contribution in [0.25, 0.3) is 5.78 Å². The van der Waals surface area contributed by atoms with E-state index in [1.165, 1.54) is 0 Å². The molecule has 0 aromatic carbocycles. The predicted octanol–water partition coefficient (Wildman–Crippen LogP) is 5.11. The van der Waals surface area contributed by atoms with Crippen LogP contribution in [-0.4, -0.2) is 43.5 Å². The molecule has 2 aromatic rings. The van der Waals surface area contributed by atoms with Crippen LogP contribution in [0.1, 0.15) is 73.4 Å². The minimum absolute atomic E-state index is 0.142. The number of likely N-dealkylation sites (tertiary alicyclic amines) is 1. The molecule has 0 aliphatic carbocycles. The van der Waals surface area contributed by atoms with Crippen molar-refractivity contribution in [3.63, 3.8) is 0 Å². The number of imidazole rings is 1. The molecule has 1 saturated heterocycles. The van der Waals surface area contributed by atoms with E-state index in [1.54, 1.807) is 6.20 Å². The van der Waals surface area contributed by atoms with Gasteiger partial charge in [-0.2, -0.15) is 0 Å². The highest BCUT2D eigenvalue weighted by atomic mass is 16.6. The maximum absolute atomic E-state index is 12.5. The number of amides is 1. The van der Waals surface area contributed by atoms with Gasteiger partial charge in [-0.1, -0.05) is 27.7 Å². The van der Waals surface area contributed by atoms with Crippen molar-refractivity contribution in [3.05, 3.63) is 30.4 Å². The summed E-state index contributed by atoms with van der Waals surface area (Å²) in [7, 11) is 0. The van der Waals surface area contributed by atoms with E-state index in [4.69, 9.17) is 4.74 Å². The molecule has 0 N–H and O–H groups in total. The zero-order valence-electron chi connectivity index (χ0n) is 18.0. The van der Waals surface area contributed by atoms with Gasteiger partial charge in [0.1, 0.15) is 5.60 Å². The topological polar surface area (TPSA) is 59.7 Å². The van der Waals surface area contributed by atoms with Gasteiger partial charge in [0.05, 0.1) is 5.69 Å². The average Bonchev–Trinajstić information content (AvgIpc) is 3.06. The lowest BCUT2D eigenvalue weighted by molar-refractivity contribution is 0.00986. The van der Waals surface area contributed by atoms with Crippen molar-refractivity contribution >= 4 is 11.9 Å². The van der Waals surface area contributed by atoms with Gasteiger partial charge in [0.25, 0.3) is 0 Å². The summed E-state index contributed by atoms with van der Waals surface area (Å²) in [4.78, 5) is 23.1. The maximum atomic E-state index is 12.5. The van der Waals surface area contributed by atoms with Crippen molar-refractivity contribution in [2.24, 2.45) is 0 Å². The summed E-state index contributed by atoms with van der Waals surface area (Å²) < 4.78 is 7.47. The summed E-state index contributed by atoms with van der Waals surface area (Å²) in [5.41, 5.74) is 0.496. The van der Waals surface area contributed by atoms with Crippen LogP contribution in [-0.2, 0) is 11.2 Å². The second kappa shape index (κ2) is 10.9. The van der Waals surface area contributed by atoms with E-state index in [-0.39, 0.29) is 12.1 Å². The molecule has 6 heteroatoms. The number of ether oxygens (including phenoxy) is 1. The molecule has 152 valence electrons. The highest BCUT2D eigenvalue weighted by Crippen LogP contribution is 2.23. The number of nitrogens with zero attached hydrogens (tertiary/aromatic N) is 4. The van der Waals surface area contributed by atoms with Gasteiger partial charge >= 0.3 is 6.09 Å². The fourth-order valence-corrected chi connectivity index (χ4v) is 2.99. The quantitative estimate of drug-likeness (QED) is 0.730. The molecule has 3 rings (SSSR count). The average molecular weight is 377 g/mol. The Kier molecular flexibility index (Phi) is 9.26. The van der Waals surface area contributed by atoms with Crippen LogP contribution < -0.4 is 0 Å². The molecule has 2 aromatic heterocycles. The third-order valence-corrected chi connectivity index (χ3v) is 3.99. The molecule has 0 bridgehead atoms. The molecule has 6 nitrogen and oxygen atoms in total. The summed E-state index contributed by atoms with van der Waals surface area (Å²) in [6, 6.07) is 2.02. The number of hydrogen-bond donors (Lipinski definition) is 0. The lowest BCUT2D eigenvalue weighted by atomic mass is 9.98. The minimum atomic E-state index is -0.466. The molecule has 0 radical (unpaired) electrons. The molecule has 1 aliphatic rings. The van der Waals surface area contributed by atoms with Gasteiger partial charge in [0.15, 0.2) is 0 Å². The van der Waals surface area contributed by atoms with Crippen molar-refractivity contribution in [1.29, 1.82) is 0 Å². The summed E-state index contributed by atoms with van der Waals surface area (Å²) in [6.45, 7) is 14.5. The monoisotopic (exact) mass is 376 g/mol. The Morgan fingerprint density at radius 3 is 2.56 bits per heavy atom. The molecule has 0 saturated carbocycles. The molecule has 1 amide bonds. The first-order valence-corrected chi connectivity index (χ1v) is 10.2. The van der Waals surface area contributed by atoms with Crippen molar-refractivity contribution in [3.8, 4) is 0 Å². The molecule has 27 heavy (non-hydrogen) atoms. The van der Waals surface area contributed by atoms with E-state index >= 15 is 0 Å². The molecular weight excluding hydrogens is 340 g/mol. The van der Waals surface area contributed by atoms with Crippen LogP contribution in [0, 0.1) is 0 Å². The van der Waals surface area contributed by atoms with Crippen molar-refractivity contribution in [2.45, 2.75) is 85.8 Å². The first kappa shape index (κ1) is 22.9. The van der Waals surface area contributed by atoms with Gasteiger partial charge in [-0.05, 0) is 46.1 Å². The molecule has 3 heterocycles. The fourth-order valence-electron chi connectivity index (χ4n) is 2.99. The minimum Gasteiger partial charge on any atom is -0.444 e. The lowest BCUT2D eigenvalue weighted by Gasteiger charge is -2.36. The van der Waals surface area contributed by atoms with E-state index in [9.17, 15) is 4.79 Å². The SMILES string of the molecule is CC.CC.CC(C)(C)OC(=O)N1CCCC[C@H]1Cc1cn2cccnc2n1. The zero-order valence-corrected chi connectivity index (χ0v) is 18.0. The normalized spacial score (nSPS) is 16.7. The summed E-state index contributed by atoms with van der Waals surface area (Å²) in [6.07, 6.45) is 9.33. The first-order chi connectivity index (χ1) is 12.9. The number of carbonyl (C=O) groups excluding carboxylic acids is 1. The predicted molar refractivity (Wildman–Crippen MR) is 110 cm³/mol. The summed E-state index contributed by atoms with van der Waals surface area (Å²) in [5.74, 6) is 0.696. The van der Waals surface area contributed by atoms with Gasteiger partial charge in [0, 0.05) is 37.6 Å². The summed E-state index contributed by atoms with van der Waals surface area (Å²) in [5, 5.41) is 0. The number of carbonyl (C=O) groups is 1. The van der Waals surface area contributed by atoms with Gasteiger partial charge in [-0.25, -0.2) is 14.8 Å². The van der Waals surface area contributed by atoms with Crippen LogP contribution in [0.15, 0.2) is 24.7 Å². The standard InChI is InChI=1S/C17H24N4O2.2C2H6/c1-17(2,3)23-16(22)21-10-5-4-7-14(21)11-13-12-20-9-6-8-18-15(20)19-13;2*1-2/h6,8-9,12,14H,4-5,7,10-11H2,1-3H3;2*1-2H3/t14-;;/m0../s1. The number of hydrogen-bond acceptors (Lipinski definition) is 4. The van der Waals surface area contributed by atoms with Crippen molar-refractivity contribution < 1.29 is 9.53 Å². The highest BCUT2D eigenvalue weighted by molar-refractivity contribution is 5.68. The van der Waals surface area contributed by atoms with Crippen molar-refractivity contribution in [1.82, 2.24) is 19.3 Å². The molecule has 1 fully saturated rings. The van der Waals surface area contributed by atoms with E-state index < -0.39 is 5.60 Å². The zero-order chi connectivity index (χ0) is 20.4. The lowest BCUT2D eigenvalue weighted by Crippen LogP contribution is -2.47. The highest BCUT2D eigenvalue weighted by Gasteiger charge is 2.31. The van der Waals surface area contributed by atoms with Gasteiger partial charge in [-0.3, -0.25) is 4.40 Å². The Labute approximate surface area is 164 Å². The van der Waals surface area contributed by atoms with Gasteiger partial charge in [0.2, 0.25) is 5.78 Å². The van der Waals surface area contributed by atoms with E-state index in [2.05, 4.69) is 9.97 Å². The van der Waals surface area contributed by atoms with E-state index in [0.717, 1.165) is 37.9 Å². The fraction of sp³-hybridized carbons (Fsp3) is 0.667. The molecular formula is C21H36N4O2. The number of aromatic nitrogens is 3. The Hall–Kier alpha value is -2.11. The van der Waals surface area contributed by atoms with E-state index in [0.29, 0.717) is 5.78 Å². The Morgan fingerprint density at radius 2 is 1.93 bits per heavy atom. The third kappa shape index (κ3) is 6.85. The Balaban J connectivity index is 0.000000855. The van der Waals surface area contributed by atoms with Crippen LogP contribution in [0.2, 0.25) is 0 Å². The maximum Gasteiger partial charge on any atom is 0.410 e. The number of fused-ring (bicyclic) bond motifs is 1. The Bertz CT molecular complexity index is 658.